The van der Waals surface area contributed by atoms with Crippen LogP contribution in [-0.4, -0.2) is 33.8 Å². The van der Waals surface area contributed by atoms with Crippen molar-refractivity contribution in [3.8, 4) is 0 Å². The van der Waals surface area contributed by atoms with Gasteiger partial charge in [-0.15, -0.1) is 0 Å². The molecule has 0 aliphatic carbocycles. The first-order valence-corrected chi connectivity index (χ1v) is 5.69. The number of carboxylic acids is 1. The third-order valence-electron chi connectivity index (χ3n) is 2.33. The summed E-state index contributed by atoms with van der Waals surface area (Å²) >= 11 is 0. The Morgan fingerprint density at radius 3 is 2.56 bits per heavy atom. The van der Waals surface area contributed by atoms with Gasteiger partial charge in [0.05, 0.1) is 0 Å². The lowest BCUT2D eigenvalue weighted by Crippen LogP contribution is -2.25. The van der Waals surface area contributed by atoms with Crippen LogP contribution >= 0.6 is 0 Å². The first-order chi connectivity index (χ1) is 8.61. The number of carbonyl (C=O) groups is 2. The van der Waals surface area contributed by atoms with Gasteiger partial charge in [-0.25, -0.2) is 4.63 Å². The van der Waals surface area contributed by atoms with Crippen LogP contribution in [-0.2, 0) is 4.79 Å². The standard InChI is InChI=1S/C10H16N4O4/c11-9-8(13-18-14-9)10(17)12-6-4-2-1-3-5-7(15)16/h1-6H2,(H2,11,14)(H,12,17)(H,15,16). The number of hydrogen-bond donors (Lipinski definition) is 3. The largest absolute Gasteiger partial charge is 0.481 e. The zero-order valence-corrected chi connectivity index (χ0v) is 9.89. The highest BCUT2D eigenvalue weighted by molar-refractivity contribution is 5.95. The van der Waals surface area contributed by atoms with Crippen molar-refractivity contribution in [3.05, 3.63) is 5.69 Å². The maximum absolute atomic E-state index is 11.5. The SMILES string of the molecule is Nc1nonc1C(=O)NCCCCCCC(=O)O. The minimum Gasteiger partial charge on any atom is -0.481 e. The monoisotopic (exact) mass is 256 g/mol. The minimum atomic E-state index is -0.780. The van der Waals surface area contributed by atoms with Crippen molar-refractivity contribution in [2.75, 3.05) is 12.3 Å². The van der Waals surface area contributed by atoms with Gasteiger partial charge in [0, 0.05) is 13.0 Å². The number of unbranched alkanes of at least 4 members (excludes halogenated alkanes) is 3. The molecule has 1 aromatic rings. The highest BCUT2D eigenvalue weighted by Crippen LogP contribution is 2.04. The summed E-state index contributed by atoms with van der Waals surface area (Å²) in [6.45, 7) is 0.484. The molecule has 0 bridgehead atoms. The molecule has 0 unspecified atom stereocenters. The molecule has 0 aliphatic rings. The number of amides is 1. The number of anilines is 1. The van der Waals surface area contributed by atoms with E-state index >= 15 is 0 Å². The molecule has 0 saturated carbocycles. The quantitative estimate of drug-likeness (QED) is 0.574. The number of nitrogens with zero attached hydrogens (tertiary/aromatic N) is 2. The van der Waals surface area contributed by atoms with Crippen LogP contribution in [0.1, 0.15) is 42.6 Å². The lowest BCUT2D eigenvalue weighted by Gasteiger charge is -2.02. The number of aromatic nitrogens is 2. The number of rotatable bonds is 8. The van der Waals surface area contributed by atoms with Crippen LogP contribution in [0.2, 0.25) is 0 Å². The fraction of sp³-hybridized carbons (Fsp3) is 0.600. The van der Waals surface area contributed by atoms with Gasteiger partial charge in [0.1, 0.15) is 0 Å². The first-order valence-electron chi connectivity index (χ1n) is 5.69. The summed E-state index contributed by atoms with van der Waals surface area (Å²) in [4.78, 5) is 21.7. The summed E-state index contributed by atoms with van der Waals surface area (Å²) in [6, 6.07) is 0. The number of aliphatic carboxylic acids is 1. The normalized spacial score (nSPS) is 10.2. The zero-order valence-electron chi connectivity index (χ0n) is 9.89. The Bertz CT molecular complexity index is 404. The molecule has 8 nitrogen and oxygen atoms in total. The van der Waals surface area contributed by atoms with Gasteiger partial charge in [0.2, 0.25) is 11.5 Å². The fourth-order valence-corrected chi connectivity index (χ4v) is 1.39. The highest BCUT2D eigenvalue weighted by atomic mass is 16.6. The third-order valence-corrected chi connectivity index (χ3v) is 2.33. The van der Waals surface area contributed by atoms with Gasteiger partial charge in [0.25, 0.3) is 5.91 Å². The van der Waals surface area contributed by atoms with Crippen LogP contribution in [0.4, 0.5) is 5.82 Å². The summed E-state index contributed by atoms with van der Waals surface area (Å²) in [7, 11) is 0. The average molecular weight is 256 g/mol. The fourth-order valence-electron chi connectivity index (χ4n) is 1.39. The molecule has 0 radical (unpaired) electrons. The van der Waals surface area contributed by atoms with Gasteiger partial charge < -0.3 is 16.2 Å². The summed E-state index contributed by atoms with van der Waals surface area (Å²) in [5, 5.41) is 17.7. The summed E-state index contributed by atoms with van der Waals surface area (Å²) < 4.78 is 4.31. The van der Waals surface area contributed by atoms with Crippen LogP contribution in [0, 0.1) is 0 Å². The number of nitrogens with one attached hydrogen (secondary N) is 1. The van der Waals surface area contributed by atoms with E-state index < -0.39 is 11.9 Å². The molecule has 0 aliphatic heterocycles. The summed E-state index contributed by atoms with van der Waals surface area (Å²) in [6.07, 6.45) is 3.31. The van der Waals surface area contributed by atoms with Gasteiger partial charge >= 0.3 is 5.97 Å². The highest BCUT2D eigenvalue weighted by Gasteiger charge is 2.14. The Morgan fingerprint density at radius 2 is 1.94 bits per heavy atom. The van der Waals surface area contributed by atoms with Crippen molar-refractivity contribution >= 4 is 17.7 Å². The number of carboxylic acid groups (broad SMARTS) is 1. The Balaban J connectivity index is 2.06. The van der Waals surface area contributed by atoms with E-state index in [9.17, 15) is 9.59 Å². The van der Waals surface area contributed by atoms with Gasteiger partial charge in [-0.05, 0) is 23.2 Å². The van der Waals surface area contributed by atoms with E-state index in [4.69, 9.17) is 10.8 Å². The Labute approximate surface area is 103 Å². The molecule has 0 fully saturated rings. The van der Waals surface area contributed by atoms with Crippen LogP contribution < -0.4 is 11.1 Å². The van der Waals surface area contributed by atoms with Gasteiger partial charge in [-0.2, -0.15) is 0 Å². The maximum atomic E-state index is 11.5. The second-order valence-corrected chi connectivity index (χ2v) is 3.81. The Kier molecular flexibility index (Phi) is 5.62. The number of carbonyl (C=O) groups excluding carboxylic acids is 1. The Morgan fingerprint density at radius 1 is 1.22 bits per heavy atom. The van der Waals surface area contributed by atoms with Crippen LogP contribution in [0.5, 0.6) is 0 Å². The maximum Gasteiger partial charge on any atom is 0.303 e. The van der Waals surface area contributed by atoms with Gasteiger partial charge in [-0.3, -0.25) is 9.59 Å². The second kappa shape index (κ2) is 7.25. The molecule has 1 rings (SSSR count). The average Bonchev–Trinajstić information content (AvgIpc) is 2.73. The van der Waals surface area contributed by atoms with Gasteiger partial charge in [-0.1, -0.05) is 12.8 Å². The van der Waals surface area contributed by atoms with E-state index in [0.717, 1.165) is 19.3 Å². The predicted molar refractivity (Wildman–Crippen MR) is 61.8 cm³/mol. The van der Waals surface area contributed by atoms with E-state index in [1.54, 1.807) is 0 Å². The van der Waals surface area contributed by atoms with Gasteiger partial charge in [0.15, 0.2) is 0 Å². The predicted octanol–water partition coefficient (Wildman–Crippen LogP) is 0.417. The minimum absolute atomic E-state index is 0.0131. The molecule has 1 heterocycles. The molecule has 100 valence electrons. The Hall–Kier alpha value is -2.12. The van der Waals surface area contributed by atoms with Crippen molar-refractivity contribution in [1.82, 2.24) is 15.6 Å². The molecule has 1 amide bonds. The van der Waals surface area contributed by atoms with Crippen LogP contribution in [0.25, 0.3) is 0 Å². The number of nitrogen functional groups attached to an aromatic ring is 1. The number of hydrogen-bond acceptors (Lipinski definition) is 6. The van der Waals surface area contributed by atoms with Crippen molar-refractivity contribution in [2.24, 2.45) is 0 Å². The van der Waals surface area contributed by atoms with E-state index in [-0.39, 0.29) is 17.9 Å². The van der Waals surface area contributed by atoms with Crippen molar-refractivity contribution < 1.29 is 19.3 Å². The van der Waals surface area contributed by atoms with E-state index in [1.807, 2.05) is 0 Å². The summed E-state index contributed by atoms with van der Waals surface area (Å²) in [5.74, 6) is -1.23. The van der Waals surface area contributed by atoms with Crippen molar-refractivity contribution in [3.63, 3.8) is 0 Å². The summed E-state index contributed by atoms with van der Waals surface area (Å²) in [5.41, 5.74) is 5.34. The second-order valence-electron chi connectivity index (χ2n) is 3.81. The third kappa shape index (κ3) is 4.81. The molecule has 1 aromatic heterocycles. The molecule has 4 N–H and O–H groups in total. The van der Waals surface area contributed by atoms with Crippen molar-refractivity contribution in [2.45, 2.75) is 32.1 Å². The molecular weight excluding hydrogens is 240 g/mol. The van der Waals surface area contributed by atoms with E-state index in [0.29, 0.717) is 13.0 Å². The molecule has 18 heavy (non-hydrogen) atoms. The first kappa shape index (κ1) is 13.9. The molecule has 0 spiro atoms. The lowest BCUT2D eigenvalue weighted by atomic mass is 10.1. The zero-order chi connectivity index (χ0) is 13.4. The molecule has 0 aromatic carbocycles. The van der Waals surface area contributed by atoms with Crippen LogP contribution in [0.15, 0.2) is 4.63 Å². The molecular formula is C10H16N4O4. The molecule has 8 heteroatoms. The smallest absolute Gasteiger partial charge is 0.303 e. The molecule has 0 saturated heterocycles. The van der Waals surface area contributed by atoms with E-state index in [1.165, 1.54) is 0 Å². The van der Waals surface area contributed by atoms with E-state index in [2.05, 4.69) is 20.3 Å². The van der Waals surface area contributed by atoms with Crippen molar-refractivity contribution in [1.29, 1.82) is 0 Å². The lowest BCUT2D eigenvalue weighted by molar-refractivity contribution is -0.137. The molecule has 0 atom stereocenters. The van der Waals surface area contributed by atoms with Crippen LogP contribution in [0.3, 0.4) is 0 Å². The number of nitrogens with two attached hydrogens (primary N) is 1. The topological polar surface area (TPSA) is 131 Å².